The number of benzene rings is 1. The zero-order chi connectivity index (χ0) is 12.3. The van der Waals surface area contributed by atoms with Gasteiger partial charge in [0.25, 0.3) is 0 Å². The highest BCUT2D eigenvalue weighted by Crippen LogP contribution is 2.35. The molecule has 0 saturated heterocycles. The molecule has 1 rings (SSSR count). The molecule has 1 unspecified atom stereocenters. The fourth-order valence-electron chi connectivity index (χ4n) is 2.01. The summed E-state index contributed by atoms with van der Waals surface area (Å²) in [5.41, 5.74) is 8.53. The molecule has 0 heterocycles. The molecule has 1 aromatic carbocycles. The normalized spacial score (nSPS) is 12.9. The summed E-state index contributed by atoms with van der Waals surface area (Å²) >= 11 is 0. The molecular formula is C13H21NO2. The fraction of sp³-hybridized carbons (Fsp3) is 0.538. The maximum atomic E-state index is 9.89. The Morgan fingerprint density at radius 3 is 2.44 bits per heavy atom. The van der Waals surface area contributed by atoms with Gasteiger partial charge in [0.05, 0.1) is 13.2 Å². The van der Waals surface area contributed by atoms with Crippen LogP contribution in [-0.4, -0.2) is 18.8 Å². The molecule has 0 aliphatic heterocycles. The smallest absolute Gasteiger partial charge is 0.125 e. The summed E-state index contributed by atoms with van der Waals surface area (Å²) in [6, 6.07) is 3.89. The lowest BCUT2D eigenvalue weighted by molar-refractivity contribution is 0.184. The number of hydrogen-bond donors (Lipinski definition) is 2. The van der Waals surface area contributed by atoms with Crippen LogP contribution in [0, 0.1) is 6.92 Å². The van der Waals surface area contributed by atoms with Crippen molar-refractivity contribution in [1.82, 2.24) is 0 Å². The van der Waals surface area contributed by atoms with E-state index in [1.54, 1.807) is 7.11 Å². The minimum absolute atomic E-state index is 0.228. The third-order valence-electron chi connectivity index (χ3n) is 2.79. The summed E-state index contributed by atoms with van der Waals surface area (Å²) in [6.07, 6.45) is -0.619. The van der Waals surface area contributed by atoms with Crippen molar-refractivity contribution in [2.24, 2.45) is 5.73 Å². The Morgan fingerprint density at radius 2 is 2.00 bits per heavy atom. The van der Waals surface area contributed by atoms with Gasteiger partial charge in [-0.15, -0.1) is 0 Å². The molecule has 1 atom stereocenters. The Balaban J connectivity index is 3.38. The molecular weight excluding hydrogens is 202 g/mol. The quantitative estimate of drug-likeness (QED) is 0.822. The van der Waals surface area contributed by atoms with E-state index < -0.39 is 6.10 Å². The molecule has 3 heteroatoms. The first-order valence-corrected chi connectivity index (χ1v) is 5.58. The number of methoxy groups -OCH3 is 1. The van der Waals surface area contributed by atoms with Gasteiger partial charge in [-0.05, 0) is 24.0 Å². The first kappa shape index (κ1) is 13.0. The predicted octanol–water partition coefficient (Wildman–Crippen LogP) is 2.12. The van der Waals surface area contributed by atoms with Crippen LogP contribution < -0.4 is 10.5 Å². The molecule has 0 aromatic heterocycles. The van der Waals surface area contributed by atoms with Gasteiger partial charge in [0.2, 0.25) is 0 Å². The molecule has 0 fully saturated rings. The van der Waals surface area contributed by atoms with Gasteiger partial charge in [0, 0.05) is 12.1 Å². The lowest BCUT2D eigenvalue weighted by Crippen LogP contribution is -2.15. The van der Waals surface area contributed by atoms with E-state index in [9.17, 15) is 5.11 Å². The number of hydrogen-bond acceptors (Lipinski definition) is 3. The van der Waals surface area contributed by atoms with Crippen molar-refractivity contribution in [3.63, 3.8) is 0 Å². The average molecular weight is 223 g/mol. The van der Waals surface area contributed by atoms with Crippen molar-refractivity contribution in [1.29, 1.82) is 0 Å². The second-order valence-corrected chi connectivity index (χ2v) is 4.32. The van der Waals surface area contributed by atoms with Crippen LogP contribution in [0.15, 0.2) is 12.1 Å². The predicted molar refractivity (Wildman–Crippen MR) is 65.8 cm³/mol. The van der Waals surface area contributed by atoms with Crippen molar-refractivity contribution >= 4 is 0 Å². The van der Waals surface area contributed by atoms with Crippen molar-refractivity contribution in [2.75, 3.05) is 13.7 Å². The summed E-state index contributed by atoms with van der Waals surface area (Å²) in [5.74, 6) is 1.16. The van der Waals surface area contributed by atoms with Gasteiger partial charge >= 0.3 is 0 Å². The zero-order valence-electron chi connectivity index (χ0n) is 10.4. The zero-order valence-corrected chi connectivity index (χ0v) is 10.4. The summed E-state index contributed by atoms with van der Waals surface area (Å²) in [5, 5.41) is 9.89. The minimum Gasteiger partial charge on any atom is -0.496 e. The van der Waals surface area contributed by atoms with Crippen LogP contribution in [0.1, 0.15) is 42.6 Å². The number of rotatable bonds is 4. The summed E-state index contributed by atoms with van der Waals surface area (Å²) in [4.78, 5) is 0. The van der Waals surface area contributed by atoms with Crippen LogP contribution in [0.5, 0.6) is 5.75 Å². The molecule has 0 radical (unpaired) electrons. The van der Waals surface area contributed by atoms with Gasteiger partial charge in [-0.3, -0.25) is 0 Å². The molecule has 0 bridgehead atoms. The average Bonchev–Trinajstić information content (AvgIpc) is 2.27. The van der Waals surface area contributed by atoms with Crippen molar-refractivity contribution in [3.05, 3.63) is 28.8 Å². The van der Waals surface area contributed by atoms with Crippen molar-refractivity contribution < 1.29 is 9.84 Å². The van der Waals surface area contributed by atoms with Gasteiger partial charge < -0.3 is 15.6 Å². The first-order valence-electron chi connectivity index (χ1n) is 5.58. The van der Waals surface area contributed by atoms with E-state index >= 15 is 0 Å². The Kier molecular flexibility index (Phi) is 4.33. The molecule has 0 amide bonds. The minimum atomic E-state index is -0.619. The van der Waals surface area contributed by atoms with E-state index in [1.807, 2.05) is 19.1 Å². The van der Waals surface area contributed by atoms with Crippen LogP contribution in [0.3, 0.4) is 0 Å². The number of aliphatic hydroxyl groups excluding tert-OH is 1. The van der Waals surface area contributed by atoms with Gasteiger partial charge in [0.15, 0.2) is 0 Å². The van der Waals surface area contributed by atoms with Crippen LogP contribution in [0.2, 0.25) is 0 Å². The molecule has 1 aromatic rings. The Bertz CT molecular complexity index is 361. The van der Waals surface area contributed by atoms with Crippen LogP contribution in [0.4, 0.5) is 0 Å². The monoisotopic (exact) mass is 223 g/mol. The molecule has 0 aliphatic rings. The first-order chi connectivity index (χ1) is 7.52. The highest BCUT2D eigenvalue weighted by Gasteiger charge is 2.19. The molecule has 16 heavy (non-hydrogen) atoms. The van der Waals surface area contributed by atoms with Crippen LogP contribution >= 0.6 is 0 Å². The molecule has 0 saturated carbocycles. The number of aliphatic hydroxyl groups is 1. The lowest BCUT2D eigenvalue weighted by Gasteiger charge is -2.21. The van der Waals surface area contributed by atoms with Gasteiger partial charge in [-0.1, -0.05) is 26.0 Å². The highest BCUT2D eigenvalue weighted by atomic mass is 16.5. The third-order valence-corrected chi connectivity index (χ3v) is 2.79. The molecule has 3 N–H and O–H groups in total. The lowest BCUT2D eigenvalue weighted by atomic mass is 9.91. The maximum absolute atomic E-state index is 9.89. The summed E-state index contributed by atoms with van der Waals surface area (Å²) in [6.45, 7) is 6.41. The number of ether oxygens (including phenoxy) is 1. The Hall–Kier alpha value is -1.06. The van der Waals surface area contributed by atoms with E-state index in [-0.39, 0.29) is 6.54 Å². The largest absolute Gasteiger partial charge is 0.496 e. The fourth-order valence-corrected chi connectivity index (χ4v) is 2.01. The SMILES string of the molecule is COc1c(C)ccc(C(O)CN)c1C(C)C. The number of aryl methyl sites for hydroxylation is 1. The standard InChI is InChI=1S/C13H21NO2/c1-8(2)12-10(11(15)7-14)6-5-9(3)13(12)16-4/h5-6,8,11,15H,7,14H2,1-4H3. The van der Waals surface area contributed by atoms with E-state index in [4.69, 9.17) is 10.5 Å². The summed E-state index contributed by atoms with van der Waals surface area (Å²) < 4.78 is 5.42. The second-order valence-electron chi connectivity index (χ2n) is 4.32. The van der Waals surface area contributed by atoms with Crippen molar-refractivity contribution in [3.8, 4) is 5.75 Å². The van der Waals surface area contributed by atoms with E-state index in [2.05, 4.69) is 13.8 Å². The highest BCUT2D eigenvalue weighted by molar-refractivity contribution is 5.48. The molecule has 0 aliphatic carbocycles. The molecule has 3 nitrogen and oxygen atoms in total. The number of nitrogens with two attached hydrogens (primary N) is 1. The van der Waals surface area contributed by atoms with Gasteiger partial charge in [0.1, 0.15) is 5.75 Å². The van der Waals surface area contributed by atoms with Crippen LogP contribution in [0.25, 0.3) is 0 Å². The van der Waals surface area contributed by atoms with Gasteiger partial charge in [-0.2, -0.15) is 0 Å². The van der Waals surface area contributed by atoms with E-state index in [1.165, 1.54) is 0 Å². The van der Waals surface area contributed by atoms with Crippen molar-refractivity contribution in [2.45, 2.75) is 32.8 Å². The second kappa shape index (κ2) is 5.32. The Morgan fingerprint density at radius 1 is 1.38 bits per heavy atom. The Labute approximate surface area is 97.2 Å². The molecule has 90 valence electrons. The summed E-state index contributed by atoms with van der Waals surface area (Å²) in [7, 11) is 1.66. The maximum Gasteiger partial charge on any atom is 0.125 e. The molecule has 0 spiro atoms. The van der Waals surface area contributed by atoms with E-state index in [0.717, 1.165) is 22.4 Å². The third kappa shape index (κ3) is 2.36. The topological polar surface area (TPSA) is 55.5 Å². The van der Waals surface area contributed by atoms with Gasteiger partial charge in [-0.25, -0.2) is 0 Å². The van der Waals surface area contributed by atoms with Crippen LogP contribution in [-0.2, 0) is 0 Å². The van der Waals surface area contributed by atoms with E-state index in [0.29, 0.717) is 5.92 Å².